The standard InChI is InChI=1S/C15H21F3N2/c1-2-3-14-11-20(9-8-19-14)10-12-4-6-13(7-5-12)15(16,17)18/h4-7,14,19H,2-3,8-11H2,1H3. The Morgan fingerprint density at radius 3 is 2.55 bits per heavy atom. The average Bonchev–Trinajstić information content (AvgIpc) is 2.39. The molecule has 1 atom stereocenters. The molecule has 0 spiro atoms. The lowest BCUT2D eigenvalue weighted by molar-refractivity contribution is -0.137. The Hall–Kier alpha value is -1.07. The van der Waals surface area contributed by atoms with Gasteiger partial charge in [-0.3, -0.25) is 4.90 Å². The number of rotatable bonds is 4. The van der Waals surface area contributed by atoms with Crippen LogP contribution in [-0.4, -0.2) is 30.6 Å². The largest absolute Gasteiger partial charge is 0.416 e. The summed E-state index contributed by atoms with van der Waals surface area (Å²) in [6, 6.07) is 6.00. The summed E-state index contributed by atoms with van der Waals surface area (Å²) in [5, 5.41) is 3.47. The van der Waals surface area contributed by atoms with Crippen LogP contribution in [0.25, 0.3) is 0 Å². The molecule has 1 aliphatic heterocycles. The minimum atomic E-state index is -4.25. The SMILES string of the molecule is CCCC1CN(Cc2ccc(C(F)(F)F)cc2)CCN1. The summed E-state index contributed by atoms with van der Waals surface area (Å²) < 4.78 is 37.5. The molecule has 1 unspecified atom stereocenters. The molecule has 112 valence electrons. The van der Waals surface area contributed by atoms with Crippen molar-refractivity contribution >= 4 is 0 Å². The van der Waals surface area contributed by atoms with Gasteiger partial charge in [-0.1, -0.05) is 25.5 Å². The normalized spacial score (nSPS) is 21.1. The Balaban J connectivity index is 1.93. The van der Waals surface area contributed by atoms with Crippen molar-refractivity contribution in [3.8, 4) is 0 Å². The maximum Gasteiger partial charge on any atom is 0.416 e. The number of piperazine rings is 1. The molecule has 1 aromatic carbocycles. The zero-order valence-corrected chi connectivity index (χ0v) is 11.7. The monoisotopic (exact) mass is 286 g/mol. The summed E-state index contributed by atoms with van der Waals surface area (Å²) in [7, 11) is 0. The molecule has 0 aliphatic carbocycles. The highest BCUT2D eigenvalue weighted by Crippen LogP contribution is 2.29. The molecule has 1 N–H and O–H groups in total. The van der Waals surface area contributed by atoms with Gasteiger partial charge in [0.15, 0.2) is 0 Å². The molecule has 20 heavy (non-hydrogen) atoms. The van der Waals surface area contributed by atoms with Crippen LogP contribution in [0, 0.1) is 0 Å². The third-order valence-electron chi connectivity index (χ3n) is 3.66. The molecule has 1 aromatic rings. The first-order valence-corrected chi connectivity index (χ1v) is 7.11. The lowest BCUT2D eigenvalue weighted by Crippen LogP contribution is -2.50. The van der Waals surface area contributed by atoms with Crippen molar-refractivity contribution in [2.45, 2.75) is 38.5 Å². The highest BCUT2D eigenvalue weighted by atomic mass is 19.4. The van der Waals surface area contributed by atoms with Gasteiger partial charge in [-0.2, -0.15) is 13.2 Å². The van der Waals surface area contributed by atoms with E-state index >= 15 is 0 Å². The smallest absolute Gasteiger partial charge is 0.311 e. The molecular formula is C15H21F3N2. The van der Waals surface area contributed by atoms with Crippen molar-refractivity contribution in [1.82, 2.24) is 10.2 Å². The van der Waals surface area contributed by atoms with Crippen molar-refractivity contribution < 1.29 is 13.2 Å². The van der Waals surface area contributed by atoms with Crippen molar-refractivity contribution in [2.75, 3.05) is 19.6 Å². The molecule has 0 aromatic heterocycles. The van der Waals surface area contributed by atoms with Gasteiger partial charge in [0, 0.05) is 32.2 Å². The summed E-state index contributed by atoms with van der Waals surface area (Å²) in [4.78, 5) is 2.30. The predicted molar refractivity (Wildman–Crippen MR) is 73.4 cm³/mol. The highest BCUT2D eigenvalue weighted by Gasteiger charge is 2.30. The van der Waals surface area contributed by atoms with Crippen LogP contribution in [0.1, 0.15) is 30.9 Å². The minimum absolute atomic E-state index is 0.503. The molecule has 0 radical (unpaired) electrons. The van der Waals surface area contributed by atoms with Crippen molar-refractivity contribution in [3.63, 3.8) is 0 Å². The van der Waals surface area contributed by atoms with Crippen LogP contribution in [0.5, 0.6) is 0 Å². The van der Waals surface area contributed by atoms with E-state index in [2.05, 4.69) is 17.1 Å². The van der Waals surface area contributed by atoms with Crippen LogP contribution in [0.4, 0.5) is 13.2 Å². The minimum Gasteiger partial charge on any atom is -0.311 e. The summed E-state index contributed by atoms with van der Waals surface area (Å²) in [6.45, 7) is 5.75. The zero-order valence-electron chi connectivity index (χ0n) is 11.7. The third-order valence-corrected chi connectivity index (χ3v) is 3.66. The topological polar surface area (TPSA) is 15.3 Å². The molecule has 2 nitrogen and oxygen atoms in total. The molecular weight excluding hydrogens is 265 g/mol. The van der Waals surface area contributed by atoms with E-state index in [1.54, 1.807) is 12.1 Å². The van der Waals surface area contributed by atoms with E-state index in [4.69, 9.17) is 0 Å². The number of nitrogens with one attached hydrogen (secondary N) is 1. The Morgan fingerprint density at radius 1 is 1.25 bits per heavy atom. The van der Waals surface area contributed by atoms with Crippen molar-refractivity contribution in [2.24, 2.45) is 0 Å². The van der Waals surface area contributed by atoms with Crippen LogP contribution in [-0.2, 0) is 12.7 Å². The summed E-state index contributed by atoms with van der Waals surface area (Å²) in [5.74, 6) is 0. The number of hydrogen-bond donors (Lipinski definition) is 1. The number of benzene rings is 1. The summed E-state index contributed by atoms with van der Waals surface area (Å²) >= 11 is 0. The third kappa shape index (κ3) is 4.21. The number of hydrogen-bond acceptors (Lipinski definition) is 2. The first kappa shape index (κ1) is 15.3. The Kier molecular flexibility index (Phi) is 5.05. The van der Waals surface area contributed by atoms with E-state index in [1.807, 2.05) is 0 Å². The molecule has 1 aliphatic rings. The molecule has 0 bridgehead atoms. The molecule has 0 saturated carbocycles. The van der Waals surface area contributed by atoms with E-state index in [9.17, 15) is 13.2 Å². The Morgan fingerprint density at radius 2 is 1.95 bits per heavy atom. The second kappa shape index (κ2) is 6.59. The van der Waals surface area contributed by atoms with Gasteiger partial charge >= 0.3 is 6.18 Å². The molecule has 2 rings (SSSR count). The van der Waals surface area contributed by atoms with E-state index in [0.717, 1.165) is 44.6 Å². The van der Waals surface area contributed by atoms with Gasteiger partial charge < -0.3 is 5.32 Å². The van der Waals surface area contributed by atoms with E-state index < -0.39 is 11.7 Å². The number of alkyl halides is 3. The molecule has 1 saturated heterocycles. The highest BCUT2D eigenvalue weighted by molar-refractivity contribution is 5.24. The number of halogens is 3. The average molecular weight is 286 g/mol. The lowest BCUT2D eigenvalue weighted by Gasteiger charge is -2.33. The number of nitrogens with zero attached hydrogens (tertiary/aromatic N) is 1. The Labute approximate surface area is 118 Å². The lowest BCUT2D eigenvalue weighted by atomic mass is 10.1. The van der Waals surface area contributed by atoms with E-state index in [0.29, 0.717) is 6.04 Å². The van der Waals surface area contributed by atoms with E-state index in [1.165, 1.54) is 12.1 Å². The zero-order chi connectivity index (χ0) is 14.6. The van der Waals surface area contributed by atoms with Crippen LogP contribution in [0.3, 0.4) is 0 Å². The fourth-order valence-electron chi connectivity index (χ4n) is 2.64. The summed E-state index contributed by atoms with van der Waals surface area (Å²) in [6.07, 6.45) is -1.96. The first-order chi connectivity index (χ1) is 9.49. The maximum atomic E-state index is 12.5. The van der Waals surface area contributed by atoms with Crippen LogP contribution in [0.2, 0.25) is 0 Å². The van der Waals surface area contributed by atoms with Crippen LogP contribution in [0.15, 0.2) is 24.3 Å². The van der Waals surface area contributed by atoms with Gasteiger partial charge in [-0.05, 0) is 24.1 Å². The quantitative estimate of drug-likeness (QED) is 0.914. The van der Waals surface area contributed by atoms with Crippen molar-refractivity contribution in [1.29, 1.82) is 0 Å². The van der Waals surface area contributed by atoms with E-state index in [-0.39, 0.29) is 0 Å². The van der Waals surface area contributed by atoms with Gasteiger partial charge in [-0.15, -0.1) is 0 Å². The second-order valence-corrected chi connectivity index (χ2v) is 5.37. The molecule has 1 heterocycles. The van der Waals surface area contributed by atoms with Gasteiger partial charge in [0.2, 0.25) is 0 Å². The molecule has 1 fully saturated rings. The molecule has 5 heteroatoms. The fraction of sp³-hybridized carbons (Fsp3) is 0.600. The van der Waals surface area contributed by atoms with Gasteiger partial charge in [0.1, 0.15) is 0 Å². The van der Waals surface area contributed by atoms with Gasteiger partial charge in [-0.25, -0.2) is 0 Å². The second-order valence-electron chi connectivity index (χ2n) is 5.37. The molecule has 0 amide bonds. The predicted octanol–water partition coefficient (Wildman–Crippen LogP) is 3.28. The Bertz CT molecular complexity index is 412. The maximum absolute atomic E-state index is 12.5. The fourth-order valence-corrected chi connectivity index (χ4v) is 2.64. The van der Waals surface area contributed by atoms with Gasteiger partial charge in [0.25, 0.3) is 0 Å². The van der Waals surface area contributed by atoms with Crippen molar-refractivity contribution in [3.05, 3.63) is 35.4 Å². The van der Waals surface area contributed by atoms with Crippen LogP contribution >= 0.6 is 0 Å². The first-order valence-electron chi connectivity index (χ1n) is 7.11. The summed E-state index contributed by atoms with van der Waals surface area (Å²) in [5.41, 5.74) is 0.362. The van der Waals surface area contributed by atoms with Crippen LogP contribution < -0.4 is 5.32 Å². The van der Waals surface area contributed by atoms with Gasteiger partial charge in [0.05, 0.1) is 5.56 Å².